The standard InChI is InChI=1S/C12H24N2O2/c1-8(2)7-10(13-6)11(16)14-12(4,5)9(3)15/h8,10,13H,7H2,1-6H3,(H,14,16)/t10-/m0/s1. The van der Waals surface area contributed by atoms with Crippen molar-refractivity contribution in [2.45, 2.75) is 52.6 Å². The van der Waals surface area contributed by atoms with Gasteiger partial charge >= 0.3 is 0 Å². The Hall–Kier alpha value is -0.900. The van der Waals surface area contributed by atoms with Crippen LogP contribution in [0.15, 0.2) is 0 Å². The summed E-state index contributed by atoms with van der Waals surface area (Å²) in [5.74, 6) is 0.278. The van der Waals surface area contributed by atoms with Crippen molar-refractivity contribution in [1.29, 1.82) is 0 Å². The maximum Gasteiger partial charge on any atom is 0.237 e. The number of carbonyl (C=O) groups excluding carboxylic acids is 2. The SMILES string of the molecule is CN[C@@H](CC(C)C)C(=O)NC(C)(C)C(C)=O. The maximum absolute atomic E-state index is 11.9. The molecular formula is C12H24N2O2. The van der Waals surface area contributed by atoms with E-state index in [0.29, 0.717) is 5.92 Å². The lowest BCUT2D eigenvalue weighted by Gasteiger charge is -2.26. The molecule has 1 atom stereocenters. The molecule has 0 aliphatic heterocycles. The minimum atomic E-state index is -0.789. The molecule has 0 aromatic carbocycles. The van der Waals surface area contributed by atoms with Crippen LogP contribution in [-0.2, 0) is 9.59 Å². The van der Waals surface area contributed by atoms with E-state index in [1.54, 1.807) is 20.9 Å². The topological polar surface area (TPSA) is 58.2 Å². The zero-order chi connectivity index (χ0) is 12.9. The summed E-state index contributed by atoms with van der Waals surface area (Å²) < 4.78 is 0. The number of amides is 1. The Balaban J connectivity index is 4.48. The van der Waals surface area contributed by atoms with Crippen molar-refractivity contribution in [2.75, 3.05) is 7.05 Å². The van der Waals surface area contributed by atoms with Gasteiger partial charge in [0.25, 0.3) is 0 Å². The second-order valence-corrected chi connectivity index (χ2v) is 5.14. The molecule has 0 heterocycles. The molecule has 0 aromatic heterocycles. The van der Waals surface area contributed by atoms with Gasteiger partial charge in [0.15, 0.2) is 5.78 Å². The third kappa shape index (κ3) is 4.75. The lowest BCUT2D eigenvalue weighted by atomic mass is 9.98. The highest BCUT2D eigenvalue weighted by atomic mass is 16.2. The lowest BCUT2D eigenvalue weighted by Crippen LogP contribution is -2.54. The smallest absolute Gasteiger partial charge is 0.237 e. The first-order valence-electron chi connectivity index (χ1n) is 5.71. The molecule has 2 N–H and O–H groups in total. The van der Waals surface area contributed by atoms with Crippen LogP contribution in [0, 0.1) is 5.92 Å². The predicted molar refractivity (Wildman–Crippen MR) is 65.2 cm³/mol. The molecule has 4 heteroatoms. The normalized spacial score (nSPS) is 13.7. The van der Waals surface area contributed by atoms with Gasteiger partial charge in [0, 0.05) is 0 Å². The van der Waals surface area contributed by atoms with E-state index in [-0.39, 0.29) is 17.7 Å². The lowest BCUT2D eigenvalue weighted by molar-refractivity contribution is -0.131. The van der Waals surface area contributed by atoms with Crippen molar-refractivity contribution >= 4 is 11.7 Å². The predicted octanol–water partition coefficient (Wildman–Crippen LogP) is 1.10. The van der Waals surface area contributed by atoms with E-state index in [2.05, 4.69) is 24.5 Å². The monoisotopic (exact) mass is 228 g/mol. The Morgan fingerprint density at radius 1 is 1.25 bits per heavy atom. The summed E-state index contributed by atoms with van der Waals surface area (Å²) in [6.45, 7) is 9.04. The highest BCUT2D eigenvalue weighted by Gasteiger charge is 2.28. The van der Waals surface area contributed by atoms with Gasteiger partial charge in [-0.2, -0.15) is 0 Å². The Morgan fingerprint density at radius 2 is 1.75 bits per heavy atom. The number of nitrogens with one attached hydrogen (secondary N) is 2. The number of rotatable bonds is 6. The first kappa shape index (κ1) is 15.1. The third-order valence-corrected chi connectivity index (χ3v) is 2.69. The van der Waals surface area contributed by atoms with E-state index < -0.39 is 5.54 Å². The van der Waals surface area contributed by atoms with E-state index in [9.17, 15) is 9.59 Å². The summed E-state index contributed by atoms with van der Waals surface area (Å²) in [7, 11) is 1.76. The van der Waals surface area contributed by atoms with Crippen molar-refractivity contribution in [3.05, 3.63) is 0 Å². The number of likely N-dealkylation sites (N-methyl/N-ethyl adjacent to an activating group) is 1. The molecule has 1 amide bonds. The van der Waals surface area contributed by atoms with Gasteiger partial charge in [-0.15, -0.1) is 0 Å². The van der Waals surface area contributed by atoms with Gasteiger partial charge in [-0.05, 0) is 40.2 Å². The quantitative estimate of drug-likeness (QED) is 0.716. The van der Waals surface area contributed by atoms with E-state index >= 15 is 0 Å². The molecule has 0 radical (unpaired) electrons. The summed E-state index contributed by atoms with van der Waals surface area (Å²) >= 11 is 0. The van der Waals surface area contributed by atoms with Crippen molar-refractivity contribution < 1.29 is 9.59 Å². The van der Waals surface area contributed by atoms with Gasteiger partial charge in [0.2, 0.25) is 5.91 Å². The average Bonchev–Trinajstić information content (AvgIpc) is 2.12. The average molecular weight is 228 g/mol. The number of hydrogen-bond acceptors (Lipinski definition) is 3. The summed E-state index contributed by atoms with van der Waals surface area (Å²) in [4.78, 5) is 23.2. The van der Waals surface area contributed by atoms with Crippen LogP contribution >= 0.6 is 0 Å². The summed E-state index contributed by atoms with van der Waals surface area (Å²) in [6.07, 6.45) is 0.760. The van der Waals surface area contributed by atoms with E-state index in [4.69, 9.17) is 0 Å². The van der Waals surface area contributed by atoms with Crippen LogP contribution in [0.25, 0.3) is 0 Å². The molecule has 0 unspecified atom stereocenters. The molecule has 0 aliphatic rings. The molecule has 4 nitrogen and oxygen atoms in total. The summed E-state index contributed by atoms with van der Waals surface area (Å²) in [5, 5.41) is 5.73. The molecule has 0 saturated carbocycles. The number of carbonyl (C=O) groups is 2. The highest BCUT2D eigenvalue weighted by molar-refractivity contribution is 5.92. The second kappa shape index (κ2) is 5.99. The number of Topliss-reactive ketones (excluding diaryl/α,β-unsaturated/α-hetero) is 1. The largest absolute Gasteiger partial charge is 0.343 e. The van der Waals surface area contributed by atoms with Gasteiger partial charge < -0.3 is 10.6 Å². The van der Waals surface area contributed by atoms with Crippen LogP contribution in [0.1, 0.15) is 41.0 Å². The van der Waals surface area contributed by atoms with E-state index in [1.165, 1.54) is 6.92 Å². The summed E-state index contributed by atoms with van der Waals surface area (Å²) in [5.41, 5.74) is -0.789. The molecule has 0 spiro atoms. The fourth-order valence-electron chi connectivity index (χ4n) is 1.31. The molecule has 0 rings (SSSR count). The van der Waals surface area contributed by atoms with Crippen molar-refractivity contribution in [2.24, 2.45) is 5.92 Å². The van der Waals surface area contributed by atoms with Crippen molar-refractivity contribution in [3.63, 3.8) is 0 Å². The minimum absolute atomic E-state index is 0.0414. The third-order valence-electron chi connectivity index (χ3n) is 2.69. The molecule has 0 aromatic rings. The number of hydrogen-bond donors (Lipinski definition) is 2. The fourth-order valence-corrected chi connectivity index (χ4v) is 1.31. The Kier molecular flexibility index (Phi) is 5.65. The van der Waals surface area contributed by atoms with Crippen LogP contribution in [-0.4, -0.2) is 30.3 Å². The first-order valence-corrected chi connectivity index (χ1v) is 5.71. The zero-order valence-electron chi connectivity index (χ0n) is 11.2. The van der Waals surface area contributed by atoms with E-state index in [1.807, 2.05) is 0 Å². The molecule has 16 heavy (non-hydrogen) atoms. The molecule has 0 fully saturated rings. The van der Waals surface area contributed by atoms with Crippen LogP contribution in [0.4, 0.5) is 0 Å². The van der Waals surface area contributed by atoms with Gasteiger partial charge in [-0.1, -0.05) is 13.8 Å². The van der Waals surface area contributed by atoms with Crippen molar-refractivity contribution in [3.8, 4) is 0 Å². The Bertz CT molecular complexity index is 260. The second-order valence-electron chi connectivity index (χ2n) is 5.14. The maximum atomic E-state index is 11.9. The molecule has 0 bridgehead atoms. The van der Waals surface area contributed by atoms with E-state index in [0.717, 1.165) is 6.42 Å². The zero-order valence-corrected chi connectivity index (χ0v) is 11.2. The molecule has 94 valence electrons. The first-order chi connectivity index (χ1) is 7.20. The highest BCUT2D eigenvalue weighted by Crippen LogP contribution is 2.08. The van der Waals surface area contributed by atoms with Crippen molar-refractivity contribution in [1.82, 2.24) is 10.6 Å². The van der Waals surface area contributed by atoms with Gasteiger partial charge in [0.1, 0.15) is 0 Å². The molecular weight excluding hydrogens is 204 g/mol. The minimum Gasteiger partial charge on any atom is -0.343 e. The Morgan fingerprint density at radius 3 is 2.06 bits per heavy atom. The van der Waals surface area contributed by atoms with Crippen LogP contribution in [0.3, 0.4) is 0 Å². The van der Waals surface area contributed by atoms with Crippen LogP contribution < -0.4 is 10.6 Å². The summed E-state index contributed by atoms with van der Waals surface area (Å²) in [6, 6.07) is -0.237. The van der Waals surface area contributed by atoms with Crippen LogP contribution in [0.2, 0.25) is 0 Å². The Labute approximate surface area is 98.2 Å². The fraction of sp³-hybridized carbons (Fsp3) is 0.833. The molecule has 0 saturated heterocycles. The van der Waals surface area contributed by atoms with Gasteiger partial charge in [-0.25, -0.2) is 0 Å². The molecule has 0 aliphatic carbocycles. The number of ketones is 1. The van der Waals surface area contributed by atoms with Crippen LogP contribution in [0.5, 0.6) is 0 Å². The van der Waals surface area contributed by atoms with Gasteiger partial charge in [-0.3, -0.25) is 9.59 Å². The van der Waals surface area contributed by atoms with Gasteiger partial charge in [0.05, 0.1) is 11.6 Å².